The zero-order valence-corrected chi connectivity index (χ0v) is 15.5. The maximum Gasteiger partial charge on any atom is 0.335 e. The lowest BCUT2D eigenvalue weighted by Crippen LogP contribution is -1.95. The van der Waals surface area contributed by atoms with E-state index in [0.29, 0.717) is 5.56 Å². The van der Waals surface area contributed by atoms with E-state index >= 15 is 0 Å². The van der Waals surface area contributed by atoms with Crippen LogP contribution in [-0.2, 0) is 0 Å². The summed E-state index contributed by atoms with van der Waals surface area (Å²) in [7, 11) is 1.70. The highest BCUT2D eigenvalue weighted by molar-refractivity contribution is 5.94. The van der Waals surface area contributed by atoms with Gasteiger partial charge in [0.2, 0.25) is 0 Å². The van der Waals surface area contributed by atoms with E-state index in [1.54, 1.807) is 19.2 Å². The van der Waals surface area contributed by atoms with Gasteiger partial charge in [0.05, 0.1) is 12.7 Å². The number of rotatable bonds is 4. The summed E-state index contributed by atoms with van der Waals surface area (Å²) in [5.41, 5.74) is 5.88. The molecule has 0 aliphatic rings. The predicted octanol–water partition coefficient (Wildman–Crippen LogP) is 5.72. The van der Waals surface area contributed by atoms with Crippen molar-refractivity contribution in [3.05, 3.63) is 76.3 Å². The first-order valence-corrected chi connectivity index (χ1v) is 8.50. The van der Waals surface area contributed by atoms with Crippen LogP contribution in [0.3, 0.4) is 0 Å². The number of carboxylic acid groups (broad SMARTS) is 1. The van der Waals surface area contributed by atoms with Gasteiger partial charge in [-0.05, 0) is 83.6 Å². The lowest BCUT2D eigenvalue weighted by Gasteiger charge is -2.13. The zero-order valence-electron chi connectivity index (χ0n) is 15.5. The molecule has 3 rings (SSSR count). The Kier molecular flexibility index (Phi) is 4.81. The smallest absolute Gasteiger partial charge is 0.335 e. The van der Waals surface area contributed by atoms with Crippen LogP contribution in [0, 0.1) is 13.8 Å². The van der Waals surface area contributed by atoms with E-state index in [-0.39, 0.29) is 0 Å². The van der Waals surface area contributed by atoms with E-state index < -0.39 is 5.97 Å². The van der Waals surface area contributed by atoms with Gasteiger partial charge in [-0.15, -0.1) is 0 Å². The number of benzene rings is 3. The number of hydrogen-bond donors (Lipinski definition) is 1. The van der Waals surface area contributed by atoms with Crippen molar-refractivity contribution >= 4 is 28.4 Å². The van der Waals surface area contributed by atoms with Gasteiger partial charge in [0.15, 0.2) is 0 Å². The molecule has 0 spiro atoms. The molecular formula is C23H22O3. The van der Waals surface area contributed by atoms with Gasteiger partial charge in [0, 0.05) is 0 Å². The van der Waals surface area contributed by atoms with E-state index in [9.17, 15) is 4.79 Å². The summed E-state index contributed by atoms with van der Waals surface area (Å²) in [5, 5.41) is 11.4. The second kappa shape index (κ2) is 7.04. The normalized spacial score (nSPS) is 11.6. The van der Waals surface area contributed by atoms with Crippen molar-refractivity contribution in [2.75, 3.05) is 7.11 Å². The van der Waals surface area contributed by atoms with Crippen molar-refractivity contribution < 1.29 is 14.6 Å². The molecule has 0 bridgehead atoms. The average molecular weight is 346 g/mol. The van der Waals surface area contributed by atoms with Gasteiger partial charge in [-0.2, -0.15) is 0 Å². The Labute approximate surface area is 153 Å². The first-order chi connectivity index (χ1) is 12.4. The van der Waals surface area contributed by atoms with Crippen molar-refractivity contribution in [2.45, 2.75) is 20.8 Å². The fraction of sp³-hybridized carbons (Fsp3) is 0.174. The molecule has 0 saturated carbocycles. The number of ether oxygens (including phenoxy) is 1. The van der Waals surface area contributed by atoms with Crippen LogP contribution in [0.1, 0.15) is 39.5 Å². The van der Waals surface area contributed by atoms with Gasteiger partial charge in [-0.1, -0.05) is 30.3 Å². The number of carboxylic acids is 1. The second-order valence-electron chi connectivity index (χ2n) is 6.54. The summed E-state index contributed by atoms with van der Waals surface area (Å²) >= 11 is 0. The zero-order chi connectivity index (χ0) is 18.8. The van der Waals surface area contributed by atoms with Crippen LogP contribution in [0.5, 0.6) is 5.75 Å². The second-order valence-corrected chi connectivity index (χ2v) is 6.54. The molecule has 0 saturated heterocycles. The number of methoxy groups -OCH3 is 1. The highest BCUT2D eigenvalue weighted by atomic mass is 16.5. The summed E-state index contributed by atoms with van der Waals surface area (Å²) in [6.07, 6.45) is 2.07. The highest BCUT2D eigenvalue weighted by Crippen LogP contribution is 2.32. The molecular weight excluding hydrogens is 324 g/mol. The van der Waals surface area contributed by atoms with Crippen molar-refractivity contribution in [3.8, 4) is 5.75 Å². The van der Waals surface area contributed by atoms with Gasteiger partial charge in [0.1, 0.15) is 5.75 Å². The van der Waals surface area contributed by atoms with Gasteiger partial charge >= 0.3 is 5.97 Å². The number of carbonyl (C=O) groups is 1. The van der Waals surface area contributed by atoms with E-state index in [1.807, 2.05) is 12.1 Å². The predicted molar refractivity (Wildman–Crippen MR) is 107 cm³/mol. The molecule has 0 unspecified atom stereocenters. The third-order valence-electron chi connectivity index (χ3n) is 4.78. The van der Waals surface area contributed by atoms with Crippen molar-refractivity contribution in [2.24, 2.45) is 0 Å². The maximum atomic E-state index is 11.0. The van der Waals surface area contributed by atoms with Crippen LogP contribution in [0.15, 0.2) is 48.5 Å². The minimum Gasteiger partial charge on any atom is -0.496 e. The maximum absolute atomic E-state index is 11.0. The summed E-state index contributed by atoms with van der Waals surface area (Å²) in [6, 6.07) is 15.4. The topological polar surface area (TPSA) is 46.5 Å². The Morgan fingerprint density at radius 3 is 2.23 bits per heavy atom. The van der Waals surface area contributed by atoms with Crippen molar-refractivity contribution in [1.82, 2.24) is 0 Å². The molecule has 0 aliphatic heterocycles. The molecule has 132 valence electrons. The van der Waals surface area contributed by atoms with Crippen LogP contribution in [0.2, 0.25) is 0 Å². The van der Waals surface area contributed by atoms with E-state index in [2.05, 4.69) is 51.1 Å². The van der Waals surface area contributed by atoms with Gasteiger partial charge in [0.25, 0.3) is 0 Å². The third kappa shape index (κ3) is 3.33. The molecule has 1 N–H and O–H groups in total. The Morgan fingerprint density at radius 1 is 0.962 bits per heavy atom. The van der Waals surface area contributed by atoms with E-state index in [1.165, 1.54) is 16.3 Å². The first kappa shape index (κ1) is 17.7. The number of aromatic carboxylic acids is 1. The first-order valence-electron chi connectivity index (χ1n) is 8.50. The molecule has 3 heteroatoms. The van der Waals surface area contributed by atoms with Crippen molar-refractivity contribution in [3.63, 3.8) is 0 Å². The molecule has 0 aromatic heterocycles. The largest absolute Gasteiger partial charge is 0.496 e. The molecule has 0 fully saturated rings. The average Bonchev–Trinajstić information content (AvgIpc) is 2.64. The fourth-order valence-corrected chi connectivity index (χ4v) is 3.23. The number of allylic oxidation sites excluding steroid dienone is 1. The molecule has 3 aromatic carbocycles. The minimum atomic E-state index is -0.909. The SMILES string of the molecule is COc1cc(C)c2cc(C(C)=Cc3ccc(C(=O)O)cc3)ccc2c1C. The minimum absolute atomic E-state index is 0.297. The number of fused-ring (bicyclic) bond motifs is 1. The van der Waals surface area contributed by atoms with Crippen LogP contribution >= 0.6 is 0 Å². The van der Waals surface area contributed by atoms with Crippen LogP contribution in [-0.4, -0.2) is 18.2 Å². The standard InChI is InChI=1S/C23H22O3/c1-14(11-17-5-7-18(8-6-17)23(24)25)19-9-10-20-16(3)22(26-4)12-15(2)21(20)13-19/h5-13H,1-4H3,(H,24,25). The van der Waals surface area contributed by atoms with E-state index in [0.717, 1.165) is 28.0 Å². The summed E-state index contributed by atoms with van der Waals surface area (Å²) in [6.45, 7) is 6.24. The highest BCUT2D eigenvalue weighted by Gasteiger charge is 2.09. The molecule has 0 amide bonds. The van der Waals surface area contributed by atoms with Crippen LogP contribution in [0.4, 0.5) is 0 Å². The summed E-state index contributed by atoms with van der Waals surface area (Å²) in [4.78, 5) is 11.0. The van der Waals surface area contributed by atoms with Crippen LogP contribution < -0.4 is 4.74 Å². The third-order valence-corrected chi connectivity index (χ3v) is 4.78. The van der Waals surface area contributed by atoms with E-state index in [4.69, 9.17) is 9.84 Å². The van der Waals surface area contributed by atoms with Crippen molar-refractivity contribution in [1.29, 1.82) is 0 Å². The monoisotopic (exact) mass is 346 g/mol. The quantitative estimate of drug-likeness (QED) is 0.614. The molecule has 0 atom stereocenters. The van der Waals surface area contributed by atoms with Gasteiger partial charge in [-0.3, -0.25) is 0 Å². The number of hydrogen-bond acceptors (Lipinski definition) is 2. The molecule has 26 heavy (non-hydrogen) atoms. The molecule has 0 aliphatic carbocycles. The fourth-order valence-electron chi connectivity index (χ4n) is 3.23. The Morgan fingerprint density at radius 2 is 1.62 bits per heavy atom. The lowest BCUT2D eigenvalue weighted by atomic mass is 9.95. The molecule has 3 nitrogen and oxygen atoms in total. The summed E-state index contributed by atoms with van der Waals surface area (Å²) < 4.78 is 5.46. The Bertz CT molecular complexity index is 1010. The van der Waals surface area contributed by atoms with Gasteiger partial charge in [-0.25, -0.2) is 4.79 Å². The summed E-state index contributed by atoms with van der Waals surface area (Å²) in [5.74, 6) is 0.00147. The number of aryl methyl sites for hydroxylation is 2. The van der Waals surface area contributed by atoms with Gasteiger partial charge < -0.3 is 9.84 Å². The molecule has 0 heterocycles. The van der Waals surface area contributed by atoms with Crippen LogP contribution in [0.25, 0.3) is 22.4 Å². The molecule has 0 radical (unpaired) electrons. The molecule has 3 aromatic rings. The Hall–Kier alpha value is -3.07. The lowest BCUT2D eigenvalue weighted by molar-refractivity contribution is 0.0697. The Balaban J connectivity index is 2.01.